The van der Waals surface area contributed by atoms with Crippen molar-refractivity contribution in [2.24, 2.45) is 5.73 Å². The van der Waals surface area contributed by atoms with Crippen molar-refractivity contribution in [1.29, 1.82) is 0 Å². The van der Waals surface area contributed by atoms with Gasteiger partial charge in [-0.3, -0.25) is 4.79 Å². The van der Waals surface area contributed by atoms with Crippen LogP contribution in [0.5, 0.6) is 0 Å². The Morgan fingerprint density at radius 2 is 1.79 bits per heavy atom. The lowest BCUT2D eigenvalue weighted by Crippen LogP contribution is -2.33. The van der Waals surface area contributed by atoms with Crippen molar-refractivity contribution in [2.45, 2.75) is 42.7 Å². The third-order valence-corrected chi connectivity index (χ3v) is 8.39. The van der Waals surface area contributed by atoms with Crippen LogP contribution in [0.15, 0.2) is 60.0 Å². The highest BCUT2D eigenvalue weighted by Crippen LogP contribution is 2.28. The third-order valence-electron chi connectivity index (χ3n) is 6.56. The van der Waals surface area contributed by atoms with Crippen LogP contribution in [0.3, 0.4) is 0 Å². The molecule has 1 amide bonds. The molecule has 0 spiro atoms. The molecule has 4 aromatic rings. The van der Waals surface area contributed by atoms with Crippen molar-refractivity contribution < 1.29 is 13.2 Å². The summed E-state index contributed by atoms with van der Waals surface area (Å²) >= 11 is 0. The average molecular weight is 551 g/mol. The minimum absolute atomic E-state index is 0.181. The predicted molar refractivity (Wildman–Crippen MR) is 147 cm³/mol. The number of benzene rings is 1. The van der Waals surface area contributed by atoms with Crippen LogP contribution in [-0.4, -0.2) is 69.4 Å². The highest BCUT2D eigenvalue weighted by molar-refractivity contribution is 7.89. The van der Waals surface area contributed by atoms with Crippen molar-refractivity contribution in [3.05, 3.63) is 60.8 Å². The van der Waals surface area contributed by atoms with Crippen molar-refractivity contribution in [2.75, 3.05) is 30.0 Å². The summed E-state index contributed by atoms with van der Waals surface area (Å²) in [5.41, 5.74) is 7.94. The smallest absolute Gasteiger partial charge is 0.277 e. The standard InChI is InChI=1S/C25H30N10O3S/c1-34(2)39(37,38)19-9-7-17(8-10-19)30-20-13-23(31-18-5-3-16(26)4-6-18)33-35-21(14-28-24(20)35)25(36)32-22-11-12-27-15-29-22/h7-16,18,30H,3-6,26H2,1-2H3,(H,31,33)(H,27,29,32,36)/t16-,18-. The Morgan fingerprint density at radius 3 is 2.46 bits per heavy atom. The number of anilines is 4. The molecule has 3 heterocycles. The average Bonchev–Trinajstić information content (AvgIpc) is 3.35. The molecule has 1 aliphatic rings. The monoisotopic (exact) mass is 550 g/mol. The minimum atomic E-state index is -3.55. The fourth-order valence-electron chi connectivity index (χ4n) is 4.38. The van der Waals surface area contributed by atoms with E-state index in [9.17, 15) is 13.2 Å². The van der Waals surface area contributed by atoms with Crippen LogP contribution in [0.25, 0.3) is 5.65 Å². The maximum atomic E-state index is 13.1. The maximum absolute atomic E-state index is 13.1. The van der Waals surface area contributed by atoms with Gasteiger partial charge >= 0.3 is 0 Å². The highest BCUT2D eigenvalue weighted by atomic mass is 32.2. The van der Waals surface area contributed by atoms with E-state index in [-0.39, 0.29) is 22.7 Å². The predicted octanol–water partition coefficient (Wildman–Crippen LogP) is 2.45. The quantitative estimate of drug-likeness (QED) is 0.255. The summed E-state index contributed by atoms with van der Waals surface area (Å²) in [7, 11) is -0.580. The van der Waals surface area contributed by atoms with Crippen LogP contribution in [0, 0.1) is 0 Å². The lowest BCUT2D eigenvalue weighted by Gasteiger charge is -2.27. The van der Waals surface area contributed by atoms with Crippen LogP contribution >= 0.6 is 0 Å². The molecular weight excluding hydrogens is 520 g/mol. The Hall–Kier alpha value is -4.14. The molecule has 3 aromatic heterocycles. The van der Waals surface area contributed by atoms with Gasteiger partial charge in [-0.25, -0.2) is 32.2 Å². The molecule has 0 aliphatic heterocycles. The molecule has 0 radical (unpaired) electrons. The number of aromatic nitrogens is 5. The number of carbonyl (C=O) groups is 1. The first-order valence-corrected chi connectivity index (χ1v) is 13.9. The van der Waals surface area contributed by atoms with E-state index in [1.54, 1.807) is 18.2 Å². The molecule has 5 rings (SSSR count). The first-order chi connectivity index (χ1) is 18.7. The van der Waals surface area contributed by atoms with E-state index in [1.165, 1.54) is 49.5 Å². The summed E-state index contributed by atoms with van der Waals surface area (Å²) in [4.78, 5) is 25.6. The number of nitrogens with zero attached hydrogens (tertiary/aromatic N) is 6. The van der Waals surface area contributed by atoms with Crippen LogP contribution in [-0.2, 0) is 10.0 Å². The number of hydrogen-bond acceptors (Lipinski definition) is 10. The Kier molecular flexibility index (Phi) is 7.41. The van der Waals surface area contributed by atoms with Gasteiger partial charge in [0.25, 0.3) is 5.91 Å². The molecule has 1 saturated carbocycles. The van der Waals surface area contributed by atoms with Crippen molar-refractivity contribution >= 4 is 44.6 Å². The van der Waals surface area contributed by atoms with Gasteiger partial charge in [0.05, 0.1) is 16.8 Å². The van der Waals surface area contributed by atoms with Gasteiger partial charge in [-0.15, -0.1) is 5.10 Å². The summed E-state index contributed by atoms with van der Waals surface area (Å²) in [6, 6.07) is 10.2. The Balaban J connectivity index is 1.48. The zero-order chi connectivity index (χ0) is 27.6. The largest absolute Gasteiger partial charge is 0.366 e. The molecule has 1 fully saturated rings. The number of imidazole rings is 1. The van der Waals surface area contributed by atoms with Crippen molar-refractivity contribution in [3.63, 3.8) is 0 Å². The molecule has 13 nitrogen and oxygen atoms in total. The fraction of sp³-hybridized carbons (Fsp3) is 0.320. The topological polar surface area (TPSA) is 173 Å². The second-order valence-corrected chi connectivity index (χ2v) is 11.7. The van der Waals surface area contributed by atoms with E-state index in [2.05, 4.69) is 36.0 Å². The SMILES string of the molecule is CN(C)S(=O)(=O)c1ccc(Nc2cc(N[C@H]3CC[C@H](N)CC3)nn3c(C(=O)Nc4ccncn4)cnc23)cc1. The van der Waals surface area contributed by atoms with Crippen LogP contribution in [0.2, 0.25) is 0 Å². The molecule has 0 bridgehead atoms. The Morgan fingerprint density at radius 1 is 1.05 bits per heavy atom. The van der Waals surface area contributed by atoms with E-state index < -0.39 is 15.9 Å². The van der Waals surface area contributed by atoms with Gasteiger partial charge in [0.2, 0.25) is 10.0 Å². The molecule has 0 atom stereocenters. The van der Waals surface area contributed by atoms with Gasteiger partial charge in [0.1, 0.15) is 18.0 Å². The molecule has 5 N–H and O–H groups in total. The van der Waals surface area contributed by atoms with Gasteiger partial charge in [-0.1, -0.05) is 0 Å². The minimum Gasteiger partial charge on any atom is -0.366 e. The highest BCUT2D eigenvalue weighted by Gasteiger charge is 2.22. The first kappa shape index (κ1) is 26.5. The number of carbonyl (C=O) groups excluding carboxylic acids is 1. The third kappa shape index (κ3) is 5.82. The van der Waals surface area contributed by atoms with Crippen molar-refractivity contribution in [3.8, 4) is 0 Å². The number of fused-ring (bicyclic) bond motifs is 1. The summed E-state index contributed by atoms with van der Waals surface area (Å²) in [6.07, 6.45) is 7.99. The number of hydrogen-bond donors (Lipinski definition) is 4. The van der Waals surface area contributed by atoms with E-state index in [4.69, 9.17) is 5.73 Å². The number of nitrogens with two attached hydrogens (primary N) is 1. The zero-order valence-electron chi connectivity index (χ0n) is 21.6. The number of amides is 1. The second kappa shape index (κ2) is 10.9. The molecule has 0 unspecified atom stereocenters. The van der Waals surface area contributed by atoms with Crippen LogP contribution in [0.1, 0.15) is 36.2 Å². The summed E-state index contributed by atoms with van der Waals surface area (Å²) < 4.78 is 27.5. The lowest BCUT2D eigenvalue weighted by molar-refractivity contribution is 0.102. The van der Waals surface area contributed by atoms with E-state index in [0.717, 1.165) is 30.0 Å². The lowest BCUT2D eigenvalue weighted by atomic mass is 9.92. The molecule has 0 saturated heterocycles. The second-order valence-electron chi connectivity index (χ2n) is 9.56. The van der Waals surface area contributed by atoms with E-state index >= 15 is 0 Å². The summed E-state index contributed by atoms with van der Waals surface area (Å²) in [5, 5.41) is 14.2. The summed E-state index contributed by atoms with van der Waals surface area (Å²) in [5.74, 6) is 0.480. The normalized spacial score (nSPS) is 17.7. The van der Waals surface area contributed by atoms with Crippen LogP contribution < -0.4 is 21.7 Å². The Bertz CT molecular complexity index is 1570. The van der Waals surface area contributed by atoms with Crippen molar-refractivity contribution in [1.82, 2.24) is 28.9 Å². The Labute approximate surface area is 225 Å². The van der Waals surface area contributed by atoms with Crippen LogP contribution in [0.4, 0.5) is 23.0 Å². The van der Waals surface area contributed by atoms with E-state index in [1.807, 2.05) is 6.07 Å². The first-order valence-electron chi connectivity index (χ1n) is 12.5. The molecular formula is C25H30N10O3S. The molecule has 14 heteroatoms. The number of sulfonamides is 1. The maximum Gasteiger partial charge on any atom is 0.277 e. The van der Waals surface area contributed by atoms with Gasteiger partial charge in [0, 0.05) is 44.1 Å². The molecule has 1 aliphatic carbocycles. The van der Waals surface area contributed by atoms with Gasteiger partial charge in [-0.2, -0.15) is 0 Å². The fourth-order valence-corrected chi connectivity index (χ4v) is 5.28. The van der Waals surface area contributed by atoms with Gasteiger partial charge in [-0.05, 0) is 56.0 Å². The molecule has 204 valence electrons. The number of nitrogens with one attached hydrogen (secondary N) is 3. The number of rotatable bonds is 8. The summed E-state index contributed by atoms with van der Waals surface area (Å²) in [6.45, 7) is 0. The van der Waals surface area contributed by atoms with Gasteiger partial charge in [0.15, 0.2) is 11.3 Å². The molecule has 1 aromatic carbocycles. The van der Waals surface area contributed by atoms with E-state index in [0.29, 0.717) is 28.7 Å². The van der Waals surface area contributed by atoms with Gasteiger partial charge < -0.3 is 21.7 Å². The molecule has 39 heavy (non-hydrogen) atoms. The zero-order valence-corrected chi connectivity index (χ0v) is 22.4.